The zero-order valence-corrected chi connectivity index (χ0v) is 15.6. The zero-order chi connectivity index (χ0) is 17.5. The number of carbonyl (C=O) groups excluding carboxylic acids is 1. The maximum Gasteiger partial charge on any atom is 0.223 e. The number of piperidine rings is 1. The smallest absolute Gasteiger partial charge is 0.223 e. The van der Waals surface area contributed by atoms with E-state index in [1.54, 1.807) is 12.1 Å². The second-order valence-electron chi connectivity index (χ2n) is 6.58. The molecule has 1 amide bonds. The molecule has 1 aliphatic heterocycles. The van der Waals surface area contributed by atoms with E-state index >= 15 is 0 Å². The van der Waals surface area contributed by atoms with Crippen LogP contribution in [-0.4, -0.2) is 49.0 Å². The lowest BCUT2D eigenvalue weighted by Gasteiger charge is -2.27. The summed E-state index contributed by atoms with van der Waals surface area (Å²) < 4.78 is 5.02. The van der Waals surface area contributed by atoms with Crippen LogP contribution in [0.1, 0.15) is 25.3 Å². The summed E-state index contributed by atoms with van der Waals surface area (Å²) in [5, 5.41) is 25.7. The molecule has 0 aliphatic carbocycles. The van der Waals surface area contributed by atoms with Gasteiger partial charge in [-0.25, -0.2) is 0 Å². The number of nitrogens with one attached hydrogen (secondary N) is 2. The summed E-state index contributed by atoms with van der Waals surface area (Å²) in [5.74, 6) is 0.540. The highest BCUT2D eigenvalue weighted by atomic mass is 35.5. The number of amides is 1. The van der Waals surface area contributed by atoms with Crippen LogP contribution in [0.25, 0.3) is 0 Å². The molecule has 0 spiro atoms. The molecule has 7 heteroatoms. The molecule has 0 aromatic heterocycles. The van der Waals surface area contributed by atoms with Crippen molar-refractivity contribution in [1.29, 1.82) is 0 Å². The number of phenolic OH excluding ortho intramolecular Hbond substituents is 1. The van der Waals surface area contributed by atoms with E-state index in [1.165, 1.54) is 7.11 Å². The minimum absolute atomic E-state index is 0. The number of aliphatic hydroxyl groups excluding tert-OH is 1. The molecule has 0 radical (unpaired) electrons. The highest BCUT2D eigenvalue weighted by Gasteiger charge is 2.25. The van der Waals surface area contributed by atoms with Crippen LogP contribution in [0, 0.1) is 11.8 Å². The van der Waals surface area contributed by atoms with Gasteiger partial charge >= 0.3 is 0 Å². The number of hydrogen-bond donors (Lipinski definition) is 4. The Morgan fingerprint density at radius 2 is 2.24 bits per heavy atom. The van der Waals surface area contributed by atoms with Gasteiger partial charge in [0.25, 0.3) is 0 Å². The Morgan fingerprint density at radius 3 is 2.84 bits per heavy atom. The van der Waals surface area contributed by atoms with Crippen LogP contribution in [0.4, 0.5) is 0 Å². The van der Waals surface area contributed by atoms with Crippen LogP contribution in [0.2, 0.25) is 0 Å². The standard InChI is InChI=1S/C18H28N2O4.ClH/c1-12-7-15(5-6-19-12)18(23)20-10-14(11-21)8-13-3-4-17(24-2)16(22)9-13;/h3-4,9,12,14-15,19,21-22H,5-8,10-11H2,1-2H3,(H,20,23);1H/t12-,14?,15-;/m0./s1. The maximum atomic E-state index is 12.3. The molecule has 1 aromatic rings. The summed E-state index contributed by atoms with van der Waals surface area (Å²) in [6, 6.07) is 5.56. The van der Waals surface area contributed by atoms with Gasteiger partial charge < -0.3 is 25.6 Å². The lowest BCUT2D eigenvalue weighted by molar-refractivity contribution is -0.126. The summed E-state index contributed by atoms with van der Waals surface area (Å²) in [6.45, 7) is 3.37. The van der Waals surface area contributed by atoms with Gasteiger partial charge in [-0.1, -0.05) is 6.07 Å². The first-order chi connectivity index (χ1) is 11.5. The fraction of sp³-hybridized carbons (Fsp3) is 0.611. The van der Waals surface area contributed by atoms with E-state index < -0.39 is 0 Å². The lowest BCUT2D eigenvalue weighted by Crippen LogP contribution is -2.43. The molecular formula is C18H29ClN2O4. The van der Waals surface area contributed by atoms with Crippen LogP contribution in [0.15, 0.2) is 18.2 Å². The summed E-state index contributed by atoms with van der Waals surface area (Å²) in [5.41, 5.74) is 0.900. The minimum atomic E-state index is -0.0825. The second kappa shape index (κ2) is 10.5. The van der Waals surface area contributed by atoms with E-state index in [0.717, 1.165) is 24.9 Å². The van der Waals surface area contributed by atoms with Gasteiger partial charge in [0, 0.05) is 31.0 Å². The molecule has 6 nitrogen and oxygen atoms in total. The Bertz CT molecular complexity index is 556. The van der Waals surface area contributed by atoms with Gasteiger partial charge in [0.2, 0.25) is 5.91 Å². The van der Waals surface area contributed by atoms with Gasteiger partial charge in [-0.05, 0) is 50.4 Å². The van der Waals surface area contributed by atoms with Gasteiger partial charge in [-0.2, -0.15) is 0 Å². The molecule has 1 aliphatic rings. The van der Waals surface area contributed by atoms with Crippen molar-refractivity contribution in [1.82, 2.24) is 10.6 Å². The quantitative estimate of drug-likeness (QED) is 0.582. The third-order valence-electron chi connectivity index (χ3n) is 4.59. The Hall–Kier alpha value is -1.50. The van der Waals surface area contributed by atoms with Crippen LogP contribution < -0.4 is 15.4 Å². The van der Waals surface area contributed by atoms with Crippen molar-refractivity contribution in [2.45, 2.75) is 32.2 Å². The van der Waals surface area contributed by atoms with Gasteiger partial charge in [-0.3, -0.25) is 4.79 Å². The fourth-order valence-electron chi connectivity index (χ4n) is 3.16. The number of hydrogen-bond acceptors (Lipinski definition) is 5. The number of rotatable bonds is 7. The molecule has 25 heavy (non-hydrogen) atoms. The van der Waals surface area contributed by atoms with E-state index in [0.29, 0.717) is 24.8 Å². The van der Waals surface area contributed by atoms with Crippen molar-refractivity contribution in [3.63, 3.8) is 0 Å². The topological polar surface area (TPSA) is 90.8 Å². The number of aromatic hydroxyl groups is 1. The number of methoxy groups -OCH3 is 1. The second-order valence-corrected chi connectivity index (χ2v) is 6.58. The predicted octanol–water partition coefficient (Wildman–Crippen LogP) is 1.48. The molecule has 1 aromatic carbocycles. The summed E-state index contributed by atoms with van der Waals surface area (Å²) in [4.78, 5) is 12.3. The fourth-order valence-corrected chi connectivity index (χ4v) is 3.16. The van der Waals surface area contributed by atoms with Gasteiger partial charge in [-0.15, -0.1) is 12.4 Å². The molecular weight excluding hydrogens is 344 g/mol. The summed E-state index contributed by atoms with van der Waals surface area (Å²) in [7, 11) is 1.50. The molecule has 0 saturated carbocycles. The Morgan fingerprint density at radius 1 is 1.48 bits per heavy atom. The summed E-state index contributed by atoms with van der Waals surface area (Å²) in [6.07, 6.45) is 2.28. The lowest BCUT2D eigenvalue weighted by atomic mass is 9.92. The van der Waals surface area contributed by atoms with Crippen molar-refractivity contribution >= 4 is 18.3 Å². The highest BCUT2D eigenvalue weighted by Crippen LogP contribution is 2.27. The minimum Gasteiger partial charge on any atom is -0.504 e. The number of phenols is 1. The SMILES string of the molecule is COc1ccc(CC(CO)CNC(=O)[C@H]2CCN[C@@H](C)C2)cc1O.Cl. The number of benzene rings is 1. The monoisotopic (exact) mass is 372 g/mol. The molecule has 1 heterocycles. The first kappa shape index (κ1) is 21.5. The molecule has 1 saturated heterocycles. The Balaban J connectivity index is 0.00000312. The molecule has 0 bridgehead atoms. The molecule has 2 rings (SSSR count). The van der Waals surface area contributed by atoms with Gasteiger partial charge in [0.05, 0.1) is 7.11 Å². The first-order valence-corrected chi connectivity index (χ1v) is 8.51. The largest absolute Gasteiger partial charge is 0.504 e. The third kappa shape index (κ3) is 6.38. The number of aliphatic hydroxyl groups is 1. The van der Waals surface area contributed by atoms with Crippen molar-refractivity contribution in [2.75, 3.05) is 26.8 Å². The number of ether oxygens (including phenoxy) is 1. The molecule has 4 N–H and O–H groups in total. The number of carbonyl (C=O) groups is 1. The van der Waals surface area contributed by atoms with Crippen LogP contribution in [0.3, 0.4) is 0 Å². The zero-order valence-electron chi connectivity index (χ0n) is 14.8. The van der Waals surface area contributed by atoms with Crippen molar-refractivity contribution in [3.05, 3.63) is 23.8 Å². The number of halogens is 1. The predicted molar refractivity (Wildman–Crippen MR) is 99.4 cm³/mol. The molecule has 1 unspecified atom stereocenters. The molecule has 3 atom stereocenters. The maximum absolute atomic E-state index is 12.3. The average molecular weight is 373 g/mol. The van der Waals surface area contributed by atoms with Crippen LogP contribution >= 0.6 is 12.4 Å². The van der Waals surface area contributed by atoms with Crippen LogP contribution in [-0.2, 0) is 11.2 Å². The van der Waals surface area contributed by atoms with Gasteiger partial charge in [0.1, 0.15) is 0 Å². The van der Waals surface area contributed by atoms with Gasteiger partial charge in [0.15, 0.2) is 11.5 Å². The highest BCUT2D eigenvalue weighted by molar-refractivity contribution is 5.85. The normalized spacial score (nSPS) is 21.1. The Labute approximate surface area is 155 Å². The van der Waals surface area contributed by atoms with E-state index in [4.69, 9.17) is 4.74 Å². The van der Waals surface area contributed by atoms with Crippen LogP contribution in [0.5, 0.6) is 11.5 Å². The van der Waals surface area contributed by atoms with E-state index in [1.807, 2.05) is 6.07 Å². The van der Waals surface area contributed by atoms with Crippen molar-refractivity contribution in [2.24, 2.45) is 11.8 Å². The summed E-state index contributed by atoms with van der Waals surface area (Å²) >= 11 is 0. The van der Waals surface area contributed by atoms with E-state index in [-0.39, 0.29) is 42.5 Å². The van der Waals surface area contributed by atoms with Crippen molar-refractivity contribution in [3.8, 4) is 11.5 Å². The molecule has 1 fully saturated rings. The first-order valence-electron chi connectivity index (χ1n) is 8.51. The Kier molecular flexibility index (Phi) is 9.03. The van der Waals surface area contributed by atoms with Crippen molar-refractivity contribution < 1.29 is 19.7 Å². The molecule has 142 valence electrons. The average Bonchev–Trinajstić information content (AvgIpc) is 2.58. The van der Waals surface area contributed by atoms with E-state index in [9.17, 15) is 15.0 Å². The van der Waals surface area contributed by atoms with E-state index in [2.05, 4.69) is 17.6 Å². The third-order valence-corrected chi connectivity index (χ3v) is 4.59.